The maximum atomic E-state index is 12.4. The SMILES string of the molecule is Cn1cc(S(=O)(=O)Nc2nccs2)c(C(C)(C)C)n1. The quantitative estimate of drug-likeness (QED) is 0.940. The summed E-state index contributed by atoms with van der Waals surface area (Å²) < 4.78 is 28.7. The van der Waals surface area contributed by atoms with E-state index >= 15 is 0 Å². The second-order valence-electron chi connectivity index (χ2n) is 5.21. The lowest BCUT2D eigenvalue weighted by Crippen LogP contribution is -2.20. The first kappa shape index (κ1) is 14.0. The molecule has 0 spiro atoms. The number of anilines is 1. The molecule has 0 saturated carbocycles. The minimum atomic E-state index is -3.66. The first-order valence-corrected chi connectivity index (χ1v) is 8.03. The Labute approximate surface area is 116 Å². The molecule has 6 nitrogen and oxygen atoms in total. The van der Waals surface area contributed by atoms with Crippen molar-refractivity contribution in [2.24, 2.45) is 7.05 Å². The van der Waals surface area contributed by atoms with Crippen molar-refractivity contribution in [3.05, 3.63) is 23.5 Å². The summed E-state index contributed by atoms with van der Waals surface area (Å²) in [6.07, 6.45) is 3.06. The fraction of sp³-hybridized carbons (Fsp3) is 0.455. The molecule has 2 aromatic rings. The van der Waals surface area contributed by atoms with Crippen molar-refractivity contribution in [1.29, 1.82) is 0 Å². The molecule has 0 aliphatic carbocycles. The van der Waals surface area contributed by atoms with Gasteiger partial charge in [0.15, 0.2) is 5.13 Å². The number of nitrogens with zero attached hydrogens (tertiary/aromatic N) is 3. The summed E-state index contributed by atoms with van der Waals surface area (Å²) in [5.41, 5.74) is 0.188. The van der Waals surface area contributed by atoms with Gasteiger partial charge in [0, 0.05) is 30.2 Å². The molecule has 0 aliphatic heterocycles. The van der Waals surface area contributed by atoms with Crippen LogP contribution >= 0.6 is 11.3 Å². The zero-order chi connectivity index (χ0) is 14.3. The number of nitrogens with one attached hydrogen (secondary N) is 1. The number of thiazole rings is 1. The average molecular weight is 300 g/mol. The standard InChI is InChI=1S/C11H16N4O2S2/c1-11(2,3)9-8(7-15(4)13-9)19(16,17)14-10-12-5-6-18-10/h5-7H,1-4H3,(H,12,14). The van der Waals surface area contributed by atoms with Crippen LogP contribution in [0.4, 0.5) is 5.13 Å². The number of hydrogen-bond donors (Lipinski definition) is 1. The van der Waals surface area contributed by atoms with Gasteiger partial charge in [-0.25, -0.2) is 13.4 Å². The van der Waals surface area contributed by atoms with E-state index in [4.69, 9.17) is 0 Å². The van der Waals surface area contributed by atoms with Gasteiger partial charge in [-0.15, -0.1) is 11.3 Å². The van der Waals surface area contributed by atoms with Crippen molar-refractivity contribution in [1.82, 2.24) is 14.8 Å². The second-order valence-corrected chi connectivity index (χ2v) is 7.75. The third kappa shape index (κ3) is 2.95. The van der Waals surface area contributed by atoms with Crippen LogP contribution in [-0.2, 0) is 22.5 Å². The van der Waals surface area contributed by atoms with Gasteiger partial charge in [0.1, 0.15) is 4.90 Å². The minimum Gasteiger partial charge on any atom is -0.274 e. The summed E-state index contributed by atoms with van der Waals surface area (Å²) in [7, 11) is -1.96. The molecular formula is C11H16N4O2S2. The molecule has 0 bridgehead atoms. The molecule has 8 heteroatoms. The van der Waals surface area contributed by atoms with E-state index in [9.17, 15) is 8.42 Å². The third-order valence-corrected chi connectivity index (χ3v) is 4.61. The van der Waals surface area contributed by atoms with E-state index in [1.807, 2.05) is 20.8 Å². The summed E-state index contributed by atoms with van der Waals surface area (Å²) >= 11 is 1.24. The van der Waals surface area contributed by atoms with Gasteiger partial charge < -0.3 is 0 Å². The van der Waals surface area contributed by atoms with Gasteiger partial charge in [0.25, 0.3) is 10.0 Å². The van der Waals surface area contributed by atoms with Gasteiger partial charge in [-0.2, -0.15) is 5.10 Å². The summed E-state index contributed by atoms with van der Waals surface area (Å²) in [6, 6.07) is 0. The molecule has 2 rings (SSSR count). The van der Waals surface area contributed by atoms with Crippen molar-refractivity contribution in [2.45, 2.75) is 31.1 Å². The molecule has 0 unspecified atom stereocenters. The van der Waals surface area contributed by atoms with Gasteiger partial charge in [0.2, 0.25) is 0 Å². The monoisotopic (exact) mass is 300 g/mol. The lowest BCUT2D eigenvalue weighted by Gasteiger charge is -2.17. The topological polar surface area (TPSA) is 76.9 Å². The predicted molar refractivity (Wildman–Crippen MR) is 74.8 cm³/mol. The lowest BCUT2D eigenvalue weighted by atomic mass is 9.92. The first-order chi connectivity index (χ1) is 8.70. The molecule has 0 radical (unpaired) electrons. The summed E-state index contributed by atoms with van der Waals surface area (Å²) in [5.74, 6) is 0. The fourth-order valence-corrected chi connectivity index (χ4v) is 3.81. The highest BCUT2D eigenvalue weighted by Crippen LogP contribution is 2.28. The van der Waals surface area contributed by atoms with Crippen molar-refractivity contribution in [2.75, 3.05) is 4.72 Å². The second kappa shape index (κ2) is 4.61. The molecule has 0 aliphatic rings. The lowest BCUT2D eigenvalue weighted by molar-refractivity contribution is 0.539. The Kier molecular flexibility index (Phi) is 3.40. The molecule has 0 amide bonds. The molecule has 0 saturated heterocycles. The maximum Gasteiger partial charge on any atom is 0.267 e. The number of sulfonamides is 1. The van der Waals surface area contributed by atoms with Crippen LogP contribution in [0.5, 0.6) is 0 Å². The van der Waals surface area contributed by atoms with Crippen LogP contribution in [-0.4, -0.2) is 23.2 Å². The van der Waals surface area contributed by atoms with Crippen LogP contribution in [0.2, 0.25) is 0 Å². The summed E-state index contributed by atoms with van der Waals surface area (Å²) in [5, 5.41) is 6.32. The Morgan fingerprint density at radius 2 is 2.05 bits per heavy atom. The largest absolute Gasteiger partial charge is 0.274 e. The predicted octanol–water partition coefficient (Wildman–Crippen LogP) is 1.97. The molecule has 0 fully saturated rings. The Balaban J connectivity index is 2.46. The molecular weight excluding hydrogens is 284 g/mol. The average Bonchev–Trinajstić information content (AvgIpc) is 2.85. The Morgan fingerprint density at radius 1 is 1.37 bits per heavy atom. The number of rotatable bonds is 3. The van der Waals surface area contributed by atoms with Gasteiger partial charge in [-0.05, 0) is 0 Å². The van der Waals surface area contributed by atoms with Crippen LogP contribution in [0.1, 0.15) is 26.5 Å². The molecule has 19 heavy (non-hydrogen) atoms. The van der Waals surface area contributed by atoms with Crippen molar-refractivity contribution < 1.29 is 8.42 Å². The van der Waals surface area contributed by atoms with Crippen LogP contribution < -0.4 is 4.72 Å². The van der Waals surface area contributed by atoms with Gasteiger partial charge in [0.05, 0.1) is 5.69 Å². The first-order valence-electron chi connectivity index (χ1n) is 5.66. The van der Waals surface area contributed by atoms with Gasteiger partial charge in [-0.1, -0.05) is 20.8 Å². The Bertz CT molecular complexity index is 666. The Morgan fingerprint density at radius 3 is 2.58 bits per heavy atom. The van der Waals surface area contributed by atoms with Crippen molar-refractivity contribution in [3.8, 4) is 0 Å². The highest BCUT2D eigenvalue weighted by Gasteiger charge is 2.29. The molecule has 1 N–H and O–H groups in total. The van der Waals surface area contributed by atoms with Crippen molar-refractivity contribution >= 4 is 26.5 Å². The van der Waals surface area contributed by atoms with E-state index in [0.717, 1.165) is 0 Å². The normalized spacial score (nSPS) is 12.6. The number of aryl methyl sites for hydroxylation is 1. The molecule has 0 atom stereocenters. The summed E-state index contributed by atoms with van der Waals surface area (Å²) in [4.78, 5) is 4.12. The van der Waals surface area contributed by atoms with E-state index in [0.29, 0.717) is 10.8 Å². The highest BCUT2D eigenvalue weighted by molar-refractivity contribution is 7.93. The van der Waals surface area contributed by atoms with Crippen LogP contribution in [0.25, 0.3) is 0 Å². The maximum absolute atomic E-state index is 12.4. The van der Waals surface area contributed by atoms with E-state index < -0.39 is 10.0 Å². The van der Waals surface area contributed by atoms with Crippen molar-refractivity contribution in [3.63, 3.8) is 0 Å². The minimum absolute atomic E-state index is 0.192. The van der Waals surface area contributed by atoms with Gasteiger partial charge >= 0.3 is 0 Å². The van der Waals surface area contributed by atoms with E-state index in [2.05, 4.69) is 14.8 Å². The van der Waals surface area contributed by atoms with E-state index in [1.54, 1.807) is 18.6 Å². The van der Waals surface area contributed by atoms with Crippen LogP contribution in [0, 0.1) is 0 Å². The molecule has 104 valence electrons. The van der Waals surface area contributed by atoms with Gasteiger partial charge in [-0.3, -0.25) is 9.40 Å². The van der Waals surface area contributed by atoms with E-state index in [1.165, 1.54) is 22.2 Å². The van der Waals surface area contributed by atoms with Crippen LogP contribution in [0.15, 0.2) is 22.7 Å². The zero-order valence-corrected chi connectivity index (χ0v) is 12.8. The Hall–Kier alpha value is -1.41. The van der Waals surface area contributed by atoms with E-state index in [-0.39, 0.29) is 10.3 Å². The molecule has 2 heterocycles. The number of aromatic nitrogens is 3. The zero-order valence-electron chi connectivity index (χ0n) is 11.2. The third-order valence-electron chi connectivity index (χ3n) is 2.45. The summed E-state index contributed by atoms with van der Waals surface area (Å²) in [6.45, 7) is 5.78. The van der Waals surface area contributed by atoms with Crippen LogP contribution in [0.3, 0.4) is 0 Å². The highest BCUT2D eigenvalue weighted by atomic mass is 32.2. The molecule has 0 aromatic carbocycles. The smallest absolute Gasteiger partial charge is 0.267 e. The number of hydrogen-bond acceptors (Lipinski definition) is 5. The molecule has 2 aromatic heterocycles. The fourth-order valence-electron chi connectivity index (χ4n) is 1.63.